The van der Waals surface area contributed by atoms with E-state index in [1.807, 2.05) is 6.92 Å². The van der Waals surface area contributed by atoms with Crippen molar-refractivity contribution in [3.63, 3.8) is 0 Å². The van der Waals surface area contributed by atoms with Crippen molar-refractivity contribution < 1.29 is 32.6 Å². The number of sulfonamides is 1. The molecule has 0 saturated heterocycles. The molecule has 1 saturated carbocycles. The van der Waals surface area contributed by atoms with Crippen LogP contribution in [-0.2, 0) is 10.0 Å². The molecule has 3 N–H and O–H groups in total. The number of carbonyl (C=O) groups is 2. The summed E-state index contributed by atoms with van der Waals surface area (Å²) < 4.78 is 39.7. The van der Waals surface area contributed by atoms with Crippen LogP contribution in [0.5, 0.6) is 11.5 Å². The maximum Gasteiger partial charge on any atom is 0.319 e. The van der Waals surface area contributed by atoms with Crippen molar-refractivity contribution in [2.24, 2.45) is 5.92 Å². The summed E-state index contributed by atoms with van der Waals surface area (Å²) in [5, 5.41) is 15.8. The normalized spacial score (nSPS) is 20.6. The fourth-order valence-corrected chi connectivity index (χ4v) is 6.61. The number of urea groups is 1. The molecule has 2 aromatic carbocycles. The van der Waals surface area contributed by atoms with Crippen molar-refractivity contribution in [2.75, 3.05) is 39.2 Å². The SMILES string of the molecule is COc1ccc(S(=O)(=O)N(C)C[C@@H]2Oc3c(NC(=O)NC4CCCCC4)cccc3C(=O)N([C@@H](C)CO)C[C@H]2C)cc1. The highest BCUT2D eigenvalue weighted by Gasteiger charge is 2.36. The van der Waals surface area contributed by atoms with Crippen LogP contribution in [0.1, 0.15) is 56.3 Å². The van der Waals surface area contributed by atoms with Crippen LogP contribution >= 0.6 is 0 Å². The van der Waals surface area contributed by atoms with Gasteiger partial charge < -0.3 is 30.1 Å². The Hall–Kier alpha value is -3.35. The fourth-order valence-electron chi connectivity index (χ4n) is 5.43. The number of nitrogens with one attached hydrogen (secondary N) is 2. The second-order valence-corrected chi connectivity index (χ2v) is 13.2. The van der Waals surface area contributed by atoms with E-state index in [9.17, 15) is 23.1 Å². The number of aliphatic hydroxyl groups is 1. The number of hydrogen-bond donors (Lipinski definition) is 3. The number of benzene rings is 2. The number of anilines is 1. The van der Waals surface area contributed by atoms with E-state index >= 15 is 0 Å². The van der Waals surface area contributed by atoms with E-state index in [4.69, 9.17) is 9.47 Å². The number of amides is 3. The summed E-state index contributed by atoms with van der Waals surface area (Å²) in [5.41, 5.74) is 0.536. The van der Waals surface area contributed by atoms with Crippen LogP contribution in [0.3, 0.4) is 0 Å². The van der Waals surface area contributed by atoms with Crippen molar-refractivity contribution in [1.82, 2.24) is 14.5 Å². The minimum absolute atomic E-state index is 0.0207. The highest BCUT2D eigenvalue weighted by atomic mass is 32.2. The number of para-hydroxylation sites is 1. The van der Waals surface area contributed by atoms with E-state index in [-0.39, 0.29) is 53.8 Å². The number of ether oxygens (including phenoxy) is 2. The van der Waals surface area contributed by atoms with Crippen molar-refractivity contribution >= 4 is 27.6 Å². The van der Waals surface area contributed by atoms with Gasteiger partial charge in [-0.05, 0) is 56.2 Å². The second kappa shape index (κ2) is 13.7. The molecule has 0 spiro atoms. The van der Waals surface area contributed by atoms with Gasteiger partial charge in [0.15, 0.2) is 5.75 Å². The number of rotatable bonds is 9. The molecule has 4 rings (SSSR count). The summed E-state index contributed by atoms with van der Waals surface area (Å²) in [4.78, 5) is 28.4. The predicted molar refractivity (Wildman–Crippen MR) is 159 cm³/mol. The molecule has 0 bridgehead atoms. The quantitative estimate of drug-likeness (QED) is 0.398. The Morgan fingerprint density at radius 2 is 1.86 bits per heavy atom. The molecule has 0 radical (unpaired) electrons. The van der Waals surface area contributed by atoms with Crippen molar-refractivity contribution in [2.45, 2.75) is 69.0 Å². The van der Waals surface area contributed by atoms with Gasteiger partial charge in [0.25, 0.3) is 5.91 Å². The third-order valence-corrected chi connectivity index (χ3v) is 9.92. The van der Waals surface area contributed by atoms with Gasteiger partial charge in [0, 0.05) is 25.6 Å². The second-order valence-electron chi connectivity index (χ2n) is 11.2. The maximum atomic E-state index is 13.7. The summed E-state index contributed by atoms with van der Waals surface area (Å²) in [5.74, 6) is 0.0462. The van der Waals surface area contributed by atoms with Gasteiger partial charge in [-0.15, -0.1) is 0 Å². The Morgan fingerprint density at radius 1 is 1.17 bits per heavy atom. The molecule has 230 valence electrons. The van der Waals surface area contributed by atoms with Crippen molar-refractivity contribution in [3.8, 4) is 11.5 Å². The zero-order valence-corrected chi connectivity index (χ0v) is 25.5. The van der Waals surface area contributed by atoms with E-state index in [1.165, 1.54) is 30.6 Å². The molecule has 0 unspecified atom stereocenters. The summed E-state index contributed by atoms with van der Waals surface area (Å²) >= 11 is 0. The lowest BCUT2D eigenvalue weighted by molar-refractivity contribution is 0.0389. The molecular formula is C30H42N4O7S. The number of methoxy groups -OCH3 is 1. The van der Waals surface area contributed by atoms with Crippen LogP contribution in [0, 0.1) is 5.92 Å². The van der Waals surface area contributed by atoms with Gasteiger partial charge >= 0.3 is 6.03 Å². The largest absolute Gasteiger partial charge is 0.497 e. The first-order valence-electron chi connectivity index (χ1n) is 14.4. The summed E-state index contributed by atoms with van der Waals surface area (Å²) in [7, 11) is -0.887. The number of nitrogens with zero attached hydrogens (tertiary/aromatic N) is 2. The summed E-state index contributed by atoms with van der Waals surface area (Å²) in [6, 6.07) is 10.3. The number of fused-ring (bicyclic) bond motifs is 1. The van der Waals surface area contributed by atoms with Gasteiger partial charge in [-0.3, -0.25) is 4.79 Å². The van der Waals surface area contributed by atoms with Crippen molar-refractivity contribution in [1.29, 1.82) is 0 Å². The fraction of sp³-hybridized carbons (Fsp3) is 0.533. The van der Waals surface area contributed by atoms with Gasteiger partial charge in [-0.25, -0.2) is 13.2 Å². The molecule has 1 aliphatic carbocycles. The Bertz CT molecular complexity index is 1350. The lowest BCUT2D eigenvalue weighted by Crippen LogP contribution is -2.50. The van der Waals surface area contributed by atoms with Gasteiger partial charge in [-0.1, -0.05) is 32.3 Å². The van der Waals surface area contributed by atoms with Crippen LogP contribution in [0.15, 0.2) is 47.4 Å². The van der Waals surface area contributed by atoms with Crippen LogP contribution in [0.2, 0.25) is 0 Å². The van der Waals surface area contributed by atoms with Crippen LogP contribution in [0.25, 0.3) is 0 Å². The molecule has 0 aromatic heterocycles. The van der Waals surface area contributed by atoms with E-state index in [0.717, 1.165) is 32.1 Å². The first-order valence-corrected chi connectivity index (χ1v) is 15.9. The van der Waals surface area contributed by atoms with E-state index < -0.39 is 28.2 Å². The molecule has 3 atom stereocenters. The molecule has 2 aliphatic rings. The Balaban J connectivity index is 1.65. The van der Waals surface area contributed by atoms with E-state index in [2.05, 4.69) is 10.6 Å². The lowest BCUT2D eigenvalue weighted by Gasteiger charge is -2.38. The molecule has 1 fully saturated rings. The number of aliphatic hydroxyl groups excluding tert-OH is 1. The monoisotopic (exact) mass is 602 g/mol. The Labute approximate surface area is 248 Å². The third kappa shape index (κ3) is 7.16. The molecule has 11 nitrogen and oxygen atoms in total. The summed E-state index contributed by atoms with van der Waals surface area (Å²) in [6.45, 7) is 3.60. The highest BCUT2D eigenvalue weighted by Crippen LogP contribution is 2.35. The molecule has 42 heavy (non-hydrogen) atoms. The summed E-state index contributed by atoms with van der Waals surface area (Å²) in [6.07, 6.45) is 4.43. The zero-order valence-electron chi connectivity index (χ0n) is 24.7. The lowest BCUT2D eigenvalue weighted by atomic mass is 9.96. The minimum atomic E-state index is -3.88. The predicted octanol–water partition coefficient (Wildman–Crippen LogP) is 3.69. The number of carbonyl (C=O) groups excluding carboxylic acids is 2. The average molecular weight is 603 g/mol. The van der Waals surface area contributed by atoms with E-state index in [1.54, 1.807) is 42.2 Å². The molecule has 3 amide bonds. The van der Waals surface area contributed by atoms with Gasteiger partial charge in [0.2, 0.25) is 10.0 Å². The van der Waals surface area contributed by atoms with Crippen molar-refractivity contribution in [3.05, 3.63) is 48.0 Å². The number of likely N-dealkylation sites (N-methyl/N-ethyl adjacent to an activating group) is 1. The van der Waals surface area contributed by atoms with Gasteiger partial charge in [-0.2, -0.15) is 4.31 Å². The average Bonchev–Trinajstić information content (AvgIpc) is 2.99. The molecule has 12 heteroatoms. The Morgan fingerprint density at radius 3 is 2.50 bits per heavy atom. The smallest absolute Gasteiger partial charge is 0.319 e. The molecular weight excluding hydrogens is 560 g/mol. The zero-order chi connectivity index (χ0) is 30.4. The molecule has 2 aromatic rings. The number of hydrogen-bond acceptors (Lipinski definition) is 7. The van der Waals surface area contributed by atoms with Gasteiger partial charge in [0.05, 0.1) is 42.4 Å². The van der Waals surface area contributed by atoms with Crippen LogP contribution in [-0.4, -0.2) is 86.7 Å². The maximum absolute atomic E-state index is 13.7. The molecule has 1 heterocycles. The first-order chi connectivity index (χ1) is 20.0. The minimum Gasteiger partial charge on any atom is -0.497 e. The van der Waals surface area contributed by atoms with E-state index in [0.29, 0.717) is 11.4 Å². The topological polar surface area (TPSA) is 138 Å². The van der Waals surface area contributed by atoms with Crippen LogP contribution < -0.4 is 20.1 Å². The Kier molecular flexibility index (Phi) is 10.3. The third-order valence-electron chi connectivity index (χ3n) is 8.08. The highest BCUT2D eigenvalue weighted by molar-refractivity contribution is 7.89. The van der Waals surface area contributed by atoms with Crippen LogP contribution in [0.4, 0.5) is 10.5 Å². The first kappa shape index (κ1) is 31.6. The van der Waals surface area contributed by atoms with Gasteiger partial charge in [0.1, 0.15) is 11.9 Å². The molecule has 1 aliphatic heterocycles. The standard InChI is InChI=1S/C30H42N4O7S/c1-20-17-34(21(2)19-35)29(36)25-11-8-12-26(32-30(37)31-22-9-6-5-7-10-22)28(25)41-27(20)18-33(3)42(38,39)24-15-13-23(40-4)14-16-24/h8,11-16,20-22,27,35H,5-7,9-10,17-19H2,1-4H3,(H2,31,32,37)/t20-,21+,27+/m1/s1.